The third-order valence-corrected chi connectivity index (χ3v) is 4.90. The normalized spacial score (nSPS) is 21.6. The Morgan fingerprint density at radius 3 is 2.71 bits per heavy atom. The maximum Gasteiger partial charge on any atom is 0.414 e. The van der Waals surface area contributed by atoms with Crippen molar-refractivity contribution in [1.29, 1.82) is 0 Å². The number of nitrogens with one attached hydrogen (secondary N) is 1. The van der Waals surface area contributed by atoms with Gasteiger partial charge in [-0.05, 0) is 57.4 Å². The smallest absolute Gasteiger partial charge is 0.414 e. The average molecular weight is 387 g/mol. The van der Waals surface area contributed by atoms with Gasteiger partial charge in [-0.25, -0.2) is 9.59 Å². The van der Waals surface area contributed by atoms with Crippen LogP contribution in [0.15, 0.2) is 18.2 Å². The Morgan fingerprint density at radius 2 is 2.04 bits per heavy atom. The van der Waals surface area contributed by atoms with Crippen molar-refractivity contribution in [3.05, 3.63) is 23.8 Å². The molecule has 28 heavy (non-hydrogen) atoms. The van der Waals surface area contributed by atoms with E-state index in [9.17, 15) is 14.4 Å². The molecule has 8 nitrogen and oxygen atoms in total. The van der Waals surface area contributed by atoms with E-state index in [4.69, 9.17) is 9.47 Å². The third-order valence-electron chi connectivity index (χ3n) is 4.90. The summed E-state index contributed by atoms with van der Waals surface area (Å²) in [6.07, 6.45) is 1.01. The van der Waals surface area contributed by atoms with E-state index in [1.807, 2.05) is 23.1 Å². The maximum absolute atomic E-state index is 12.3. The van der Waals surface area contributed by atoms with Crippen molar-refractivity contribution in [3.8, 4) is 0 Å². The predicted molar refractivity (Wildman–Crippen MR) is 103 cm³/mol. The summed E-state index contributed by atoms with van der Waals surface area (Å²) < 4.78 is 10.5. The van der Waals surface area contributed by atoms with Crippen LogP contribution in [0.3, 0.4) is 0 Å². The number of hydrogen-bond acceptors (Lipinski definition) is 5. The highest BCUT2D eigenvalue weighted by atomic mass is 16.6. The van der Waals surface area contributed by atoms with E-state index in [1.54, 1.807) is 20.8 Å². The number of carbonyl (C=O) groups is 3. The minimum absolute atomic E-state index is 0.123. The Bertz CT molecular complexity index is 828. The van der Waals surface area contributed by atoms with Crippen LogP contribution in [0.2, 0.25) is 0 Å². The zero-order chi connectivity index (χ0) is 20.1. The highest BCUT2D eigenvalue weighted by Gasteiger charge is 2.40. The van der Waals surface area contributed by atoms with Crippen molar-refractivity contribution in [2.45, 2.75) is 57.8 Å². The Hall–Kier alpha value is -2.77. The lowest BCUT2D eigenvalue weighted by Gasteiger charge is -2.20. The standard InChI is InChI=1S/C20H25N3O5/c1-20(2,3)28-18(25)21-10-15-11-22(19(26)27-15)14-6-7-16-12(8-14)9-17(24)23(16)13-4-5-13/h6-8,13,15H,4-5,9-11H2,1-3H3,(H,21,25). The molecule has 8 heteroatoms. The molecule has 150 valence electrons. The summed E-state index contributed by atoms with van der Waals surface area (Å²) in [6, 6.07) is 5.98. The molecule has 1 atom stereocenters. The number of carbonyl (C=O) groups excluding carboxylic acids is 3. The SMILES string of the molecule is CC(C)(C)OC(=O)NCC1CN(c2ccc3c(c2)CC(=O)N3C2CC2)C(=O)O1. The number of amides is 3. The van der Waals surface area contributed by atoms with Crippen LogP contribution in [-0.2, 0) is 20.7 Å². The first kappa shape index (κ1) is 18.6. The Kier molecular flexibility index (Phi) is 4.44. The topological polar surface area (TPSA) is 88.2 Å². The number of rotatable bonds is 4. The lowest BCUT2D eigenvalue weighted by atomic mass is 10.1. The van der Waals surface area contributed by atoms with Gasteiger partial charge in [-0.15, -0.1) is 0 Å². The molecule has 4 rings (SSSR count). The fourth-order valence-corrected chi connectivity index (χ4v) is 3.58. The van der Waals surface area contributed by atoms with E-state index < -0.39 is 23.9 Å². The van der Waals surface area contributed by atoms with Crippen molar-refractivity contribution in [3.63, 3.8) is 0 Å². The highest BCUT2D eigenvalue weighted by molar-refractivity contribution is 6.03. The number of nitrogens with zero attached hydrogens (tertiary/aromatic N) is 2. The molecule has 1 saturated heterocycles. The molecule has 1 unspecified atom stereocenters. The van der Waals surface area contributed by atoms with Gasteiger partial charge in [-0.2, -0.15) is 0 Å². The lowest BCUT2D eigenvalue weighted by Crippen LogP contribution is -2.38. The number of benzene rings is 1. The van der Waals surface area contributed by atoms with Gasteiger partial charge in [0.2, 0.25) is 5.91 Å². The Labute approximate surface area is 163 Å². The molecular weight excluding hydrogens is 362 g/mol. The van der Waals surface area contributed by atoms with Crippen molar-refractivity contribution in [1.82, 2.24) is 5.32 Å². The summed E-state index contributed by atoms with van der Waals surface area (Å²) in [4.78, 5) is 39.8. The molecule has 0 radical (unpaired) electrons. The van der Waals surface area contributed by atoms with Gasteiger partial charge in [-0.1, -0.05) is 0 Å². The summed E-state index contributed by atoms with van der Waals surface area (Å²) in [5.41, 5.74) is 2.01. The zero-order valence-electron chi connectivity index (χ0n) is 16.4. The van der Waals surface area contributed by atoms with E-state index in [1.165, 1.54) is 4.90 Å². The van der Waals surface area contributed by atoms with Crippen LogP contribution in [0, 0.1) is 0 Å². The molecule has 1 saturated carbocycles. The molecule has 3 amide bonds. The van der Waals surface area contributed by atoms with Gasteiger partial charge in [0.25, 0.3) is 0 Å². The molecule has 1 aliphatic carbocycles. The average Bonchev–Trinajstić information content (AvgIpc) is 3.27. The monoisotopic (exact) mass is 387 g/mol. The molecule has 1 aromatic carbocycles. The number of hydrogen-bond donors (Lipinski definition) is 1. The fourth-order valence-electron chi connectivity index (χ4n) is 3.58. The van der Waals surface area contributed by atoms with Crippen molar-refractivity contribution in [2.75, 3.05) is 22.9 Å². The predicted octanol–water partition coefficient (Wildman–Crippen LogP) is 2.59. The first-order chi connectivity index (χ1) is 13.2. The number of alkyl carbamates (subject to hydrolysis) is 1. The van der Waals surface area contributed by atoms with Gasteiger partial charge in [0.1, 0.15) is 11.7 Å². The van der Waals surface area contributed by atoms with E-state index in [0.29, 0.717) is 24.7 Å². The van der Waals surface area contributed by atoms with E-state index in [-0.39, 0.29) is 12.5 Å². The number of fused-ring (bicyclic) bond motifs is 1. The Morgan fingerprint density at radius 1 is 1.29 bits per heavy atom. The number of anilines is 2. The van der Waals surface area contributed by atoms with Crippen LogP contribution in [0.25, 0.3) is 0 Å². The summed E-state index contributed by atoms with van der Waals surface area (Å²) in [5.74, 6) is 0.123. The quantitative estimate of drug-likeness (QED) is 0.858. The van der Waals surface area contributed by atoms with Gasteiger partial charge >= 0.3 is 12.2 Å². The van der Waals surface area contributed by atoms with Crippen LogP contribution in [0.5, 0.6) is 0 Å². The summed E-state index contributed by atoms with van der Waals surface area (Å²) >= 11 is 0. The fraction of sp³-hybridized carbons (Fsp3) is 0.550. The van der Waals surface area contributed by atoms with Gasteiger partial charge in [-0.3, -0.25) is 9.69 Å². The molecule has 1 N–H and O–H groups in total. The molecule has 0 bridgehead atoms. The lowest BCUT2D eigenvalue weighted by molar-refractivity contribution is -0.117. The number of cyclic esters (lactones) is 1. The van der Waals surface area contributed by atoms with Gasteiger partial charge in [0.15, 0.2) is 0 Å². The first-order valence-electron chi connectivity index (χ1n) is 9.61. The molecule has 2 heterocycles. The van der Waals surface area contributed by atoms with Crippen LogP contribution in [-0.4, -0.2) is 48.9 Å². The van der Waals surface area contributed by atoms with Crippen LogP contribution in [0.4, 0.5) is 21.0 Å². The molecule has 0 aromatic heterocycles. The van der Waals surface area contributed by atoms with Crippen molar-refractivity contribution >= 4 is 29.5 Å². The number of ether oxygens (including phenoxy) is 2. The van der Waals surface area contributed by atoms with Crippen LogP contribution >= 0.6 is 0 Å². The second kappa shape index (κ2) is 6.68. The minimum Gasteiger partial charge on any atom is -0.444 e. The summed E-state index contributed by atoms with van der Waals surface area (Å²) in [6.45, 7) is 5.86. The van der Waals surface area contributed by atoms with E-state index in [0.717, 1.165) is 24.1 Å². The van der Waals surface area contributed by atoms with Gasteiger partial charge in [0, 0.05) is 17.4 Å². The van der Waals surface area contributed by atoms with Crippen LogP contribution < -0.4 is 15.1 Å². The van der Waals surface area contributed by atoms with Crippen molar-refractivity contribution < 1.29 is 23.9 Å². The van der Waals surface area contributed by atoms with Crippen LogP contribution in [0.1, 0.15) is 39.2 Å². The summed E-state index contributed by atoms with van der Waals surface area (Å²) in [7, 11) is 0. The molecule has 2 aliphatic heterocycles. The van der Waals surface area contributed by atoms with Gasteiger partial charge in [0.05, 0.1) is 19.5 Å². The largest absolute Gasteiger partial charge is 0.444 e. The zero-order valence-corrected chi connectivity index (χ0v) is 16.4. The maximum atomic E-state index is 12.3. The first-order valence-corrected chi connectivity index (χ1v) is 9.61. The molecular formula is C20H25N3O5. The third kappa shape index (κ3) is 3.76. The minimum atomic E-state index is -0.585. The molecule has 1 aromatic rings. The van der Waals surface area contributed by atoms with E-state index >= 15 is 0 Å². The Balaban J connectivity index is 1.39. The second-order valence-electron chi connectivity index (χ2n) is 8.48. The highest BCUT2D eigenvalue weighted by Crippen LogP contribution is 2.40. The summed E-state index contributed by atoms with van der Waals surface area (Å²) in [5, 5.41) is 2.63. The van der Waals surface area contributed by atoms with Crippen molar-refractivity contribution in [2.24, 2.45) is 0 Å². The molecule has 0 spiro atoms. The van der Waals surface area contributed by atoms with Gasteiger partial charge < -0.3 is 19.7 Å². The molecule has 3 aliphatic rings. The second-order valence-corrected chi connectivity index (χ2v) is 8.48. The van der Waals surface area contributed by atoms with E-state index in [2.05, 4.69) is 5.32 Å². The molecule has 2 fully saturated rings.